The Balaban J connectivity index is 0.918. The summed E-state index contributed by atoms with van der Waals surface area (Å²) in [5.41, 5.74) is -2.03. The molecule has 0 aromatic carbocycles. The van der Waals surface area contributed by atoms with Gasteiger partial charge >= 0.3 is 6.18 Å². The highest BCUT2D eigenvalue weighted by Crippen LogP contribution is 2.41. The maximum absolute atomic E-state index is 13.7. The summed E-state index contributed by atoms with van der Waals surface area (Å²) >= 11 is 5.72. The van der Waals surface area contributed by atoms with Gasteiger partial charge in [0, 0.05) is 31.2 Å². The average Bonchev–Trinajstić information content (AvgIpc) is 3.33. The SMILES string of the molecule is C[C@@H]1CC(OCCCC2CCC(N3C(=S)N(c4cnc(C#N)c(C(F)(F)F)c4)C(=O)C3(C)C)CC2)C[C@H](C)N1CC(=O)Nc1ccc(C2CCC(=O)NC2=O)nc1. The number of carbonyl (C=O) groups excluding carboxylic acids is 4. The van der Waals surface area contributed by atoms with Crippen LogP contribution in [-0.4, -0.2) is 91.4 Å². The van der Waals surface area contributed by atoms with Gasteiger partial charge in [-0.05, 0) is 122 Å². The van der Waals surface area contributed by atoms with Gasteiger partial charge in [0.05, 0.1) is 53.6 Å². The van der Waals surface area contributed by atoms with E-state index in [2.05, 4.69) is 39.3 Å². The molecule has 0 spiro atoms. The molecule has 4 aliphatic rings. The number of ether oxygens (including phenoxy) is 1. The lowest BCUT2D eigenvalue weighted by Gasteiger charge is -2.42. The lowest BCUT2D eigenvalue weighted by molar-refractivity contribution is -0.138. The monoisotopic (exact) mass is 810 g/mol. The second-order valence-electron chi connectivity index (χ2n) is 16.2. The van der Waals surface area contributed by atoms with E-state index in [9.17, 15) is 32.3 Å². The average molecular weight is 811 g/mol. The molecule has 13 nitrogen and oxygen atoms in total. The number of piperidine rings is 2. The molecule has 1 saturated carbocycles. The fraction of sp³-hybridized carbons (Fsp3) is 0.600. The van der Waals surface area contributed by atoms with Crippen LogP contribution in [0.4, 0.5) is 24.5 Å². The molecule has 4 atom stereocenters. The van der Waals surface area contributed by atoms with Crippen molar-refractivity contribution in [1.82, 2.24) is 25.1 Å². The molecule has 2 N–H and O–H groups in total. The molecule has 3 saturated heterocycles. The first-order valence-corrected chi connectivity index (χ1v) is 20.0. The van der Waals surface area contributed by atoms with Crippen molar-refractivity contribution in [2.45, 2.75) is 134 Å². The minimum atomic E-state index is -4.81. The first kappa shape index (κ1) is 42.1. The highest BCUT2D eigenvalue weighted by atomic mass is 32.1. The Morgan fingerprint density at radius 3 is 2.39 bits per heavy atom. The maximum atomic E-state index is 13.7. The van der Waals surface area contributed by atoms with Crippen molar-refractivity contribution in [3.8, 4) is 6.07 Å². The summed E-state index contributed by atoms with van der Waals surface area (Å²) in [5, 5.41) is 14.5. The number of hydrogen-bond acceptors (Lipinski definition) is 10. The van der Waals surface area contributed by atoms with Crippen LogP contribution >= 0.6 is 12.2 Å². The quantitative estimate of drug-likeness (QED) is 0.160. The van der Waals surface area contributed by atoms with Crippen LogP contribution in [0.1, 0.15) is 115 Å². The zero-order valence-electron chi connectivity index (χ0n) is 32.6. The Morgan fingerprint density at radius 1 is 1.07 bits per heavy atom. The third-order valence-corrected chi connectivity index (χ3v) is 12.3. The molecule has 3 aliphatic heterocycles. The number of alkyl halides is 3. The van der Waals surface area contributed by atoms with Gasteiger partial charge in [-0.25, -0.2) is 4.98 Å². The molecule has 306 valence electrons. The third kappa shape index (κ3) is 9.29. The lowest BCUT2D eigenvalue weighted by atomic mass is 9.82. The highest BCUT2D eigenvalue weighted by Gasteiger charge is 2.53. The second-order valence-corrected chi connectivity index (χ2v) is 16.6. The van der Waals surface area contributed by atoms with Crippen molar-refractivity contribution < 1.29 is 37.1 Å². The number of hydrogen-bond donors (Lipinski definition) is 2. The smallest absolute Gasteiger partial charge is 0.378 e. The number of likely N-dealkylation sites (tertiary alicyclic amines) is 1. The predicted octanol–water partition coefficient (Wildman–Crippen LogP) is 5.84. The van der Waals surface area contributed by atoms with Gasteiger partial charge in [0.2, 0.25) is 17.7 Å². The maximum Gasteiger partial charge on any atom is 0.419 e. The summed E-state index contributed by atoms with van der Waals surface area (Å²) in [6.07, 6.45) is 5.54. The Labute approximate surface area is 335 Å². The molecule has 4 amide bonds. The molecule has 2 aromatic rings. The van der Waals surface area contributed by atoms with Crippen LogP contribution in [0.2, 0.25) is 0 Å². The summed E-state index contributed by atoms with van der Waals surface area (Å²) in [4.78, 5) is 63.4. The van der Waals surface area contributed by atoms with Crippen molar-refractivity contribution in [3.05, 3.63) is 47.5 Å². The summed E-state index contributed by atoms with van der Waals surface area (Å²) in [5.74, 6) is -1.22. The molecule has 0 radical (unpaired) electrons. The molecule has 4 fully saturated rings. The summed E-state index contributed by atoms with van der Waals surface area (Å²) < 4.78 is 47.4. The molecule has 2 aromatic heterocycles. The second kappa shape index (κ2) is 17.1. The van der Waals surface area contributed by atoms with E-state index in [1.54, 1.807) is 26.0 Å². The number of thiocarbonyl (C=S) groups is 1. The number of halogens is 3. The van der Waals surface area contributed by atoms with Crippen molar-refractivity contribution in [2.75, 3.05) is 23.4 Å². The number of nitriles is 1. The number of carbonyl (C=O) groups is 4. The van der Waals surface area contributed by atoms with Crippen LogP contribution in [-0.2, 0) is 30.1 Å². The minimum absolute atomic E-state index is 0.0418. The molecule has 1 aliphatic carbocycles. The Bertz CT molecular complexity index is 1900. The van der Waals surface area contributed by atoms with E-state index in [0.29, 0.717) is 30.3 Å². The summed E-state index contributed by atoms with van der Waals surface area (Å²) in [7, 11) is 0. The van der Waals surface area contributed by atoms with Crippen molar-refractivity contribution in [2.24, 2.45) is 5.92 Å². The molecule has 2 unspecified atom stereocenters. The molecule has 5 heterocycles. The first-order chi connectivity index (χ1) is 27.0. The van der Waals surface area contributed by atoms with Crippen molar-refractivity contribution in [1.29, 1.82) is 5.26 Å². The number of nitrogens with zero attached hydrogens (tertiary/aromatic N) is 6. The van der Waals surface area contributed by atoms with Gasteiger partial charge in [-0.1, -0.05) is 0 Å². The summed E-state index contributed by atoms with van der Waals surface area (Å²) in [6, 6.07) is 5.90. The topological polar surface area (TPSA) is 161 Å². The predicted molar refractivity (Wildman–Crippen MR) is 208 cm³/mol. The molecular formula is C40H49F3N8O5S. The number of aromatic nitrogens is 2. The number of rotatable bonds is 11. The van der Waals surface area contributed by atoms with Crippen LogP contribution in [0.15, 0.2) is 30.6 Å². The number of anilines is 2. The highest BCUT2D eigenvalue weighted by molar-refractivity contribution is 7.80. The molecule has 6 rings (SSSR count). The van der Waals surface area contributed by atoms with Gasteiger partial charge in [0.25, 0.3) is 5.91 Å². The van der Waals surface area contributed by atoms with Crippen LogP contribution in [0.3, 0.4) is 0 Å². The van der Waals surface area contributed by atoms with Crippen LogP contribution in [0, 0.1) is 17.2 Å². The van der Waals surface area contributed by atoms with Crippen molar-refractivity contribution in [3.63, 3.8) is 0 Å². The van der Waals surface area contributed by atoms with E-state index in [4.69, 9.17) is 22.2 Å². The van der Waals surface area contributed by atoms with E-state index in [0.717, 1.165) is 68.5 Å². The van der Waals surface area contributed by atoms with Crippen LogP contribution < -0.4 is 15.5 Å². The molecule has 57 heavy (non-hydrogen) atoms. The standard InChI is InChI=1S/C40H49F3N8O5S/c1-23-16-29(17-24(2)49(23)22-35(53)47-26-9-13-32(45-20-26)30-12-14-34(52)48-36(30)54)56-15-5-6-25-7-10-27(11-8-25)51-38(57)50(37(55)39(51,3)4)28-18-31(40(41,42)43)33(19-44)46-21-28/h9,13,18,20-21,23-25,27,29-30H,5-8,10-12,14-17,22H2,1-4H3,(H,47,53)(H,48,52,54)/t23-,24+,25?,27?,29?,30?. The van der Waals surface area contributed by atoms with E-state index < -0.39 is 34.8 Å². The van der Waals surface area contributed by atoms with E-state index in [1.807, 2.05) is 4.90 Å². The molecule has 17 heteroatoms. The van der Waals surface area contributed by atoms with Crippen molar-refractivity contribution >= 4 is 52.3 Å². The van der Waals surface area contributed by atoms with Gasteiger partial charge in [-0.3, -0.25) is 39.3 Å². The van der Waals surface area contributed by atoms with Gasteiger partial charge in [0.15, 0.2) is 10.8 Å². The lowest BCUT2D eigenvalue weighted by Crippen LogP contribution is -2.51. The van der Waals surface area contributed by atoms with E-state index in [1.165, 1.54) is 12.3 Å². The third-order valence-electron chi connectivity index (χ3n) is 11.9. The number of amides is 4. The van der Waals surface area contributed by atoms with Crippen LogP contribution in [0.5, 0.6) is 0 Å². The van der Waals surface area contributed by atoms with Gasteiger partial charge < -0.3 is 15.0 Å². The minimum Gasteiger partial charge on any atom is -0.378 e. The fourth-order valence-electron chi connectivity index (χ4n) is 8.88. The zero-order chi connectivity index (χ0) is 41.2. The Morgan fingerprint density at radius 2 is 1.77 bits per heavy atom. The van der Waals surface area contributed by atoms with E-state index in [-0.39, 0.29) is 65.7 Å². The van der Waals surface area contributed by atoms with Gasteiger partial charge in [-0.15, -0.1) is 0 Å². The number of pyridine rings is 2. The van der Waals surface area contributed by atoms with Gasteiger partial charge in [0.1, 0.15) is 11.6 Å². The first-order valence-electron chi connectivity index (χ1n) is 19.6. The largest absolute Gasteiger partial charge is 0.419 e. The number of nitrogens with one attached hydrogen (secondary N) is 2. The number of imide groups is 1. The molecular weight excluding hydrogens is 762 g/mol. The van der Waals surface area contributed by atoms with Gasteiger partial charge in [-0.2, -0.15) is 18.4 Å². The normalized spacial score (nSPS) is 27.0. The Hall–Kier alpha value is -4.53. The zero-order valence-corrected chi connectivity index (χ0v) is 33.4. The molecule has 0 bridgehead atoms. The van der Waals surface area contributed by atoms with Crippen LogP contribution in [0.25, 0.3) is 0 Å². The fourth-order valence-corrected chi connectivity index (χ4v) is 9.45. The Kier molecular flexibility index (Phi) is 12.7. The van der Waals surface area contributed by atoms with E-state index >= 15 is 0 Å². The summed E-state index contributed by atoms with van der Waals surface area (Å²) in [6.45, 7) is 8.55.